The van der Waals surface area contributed by atoms with E-state index in [4.69, 9.17) is 10.5 Å². The van der Waals surface area contributed by atoms with Gasteiger partial charge in [0, 0.05) is 57.5 Å². The highest BCUT2D eigenvalue weighted by molar-refractivity contribution is 9.10. The second kappa shape index (κ2) is 6.56. The van der Waals surface area contributed by atoms with Crippen LogP contribution in [0.3, 0.4) is 0 Å². The van der Waals surface area contributed by atoms with Crippen LogP contribution in [0.5, 0.6) is 5.75 Å². The van der Waals surface area contributed by atoms with Crippen LogP contribution in [-0.2, 0) is 7.05 Å². The van der Waals surface area contributed by atoms with E-state index in [1.54, 1.807) is 13.3 Å². The van der Waals surface area contributed by atoms with E-state index in [0.29, 0.717) is 11.4 Å². The number of nitrogens with one attached hydrogen (secondary N) is 1. The lowest BCUT2D eigenvalue weighted by molar-refractivity contribution is 0.415. The molecule has 0 aliphatic carbocycles. The Labute approximate surface area is 173 Å². The molecule has 0 radical (unpaired) electrons. The Morgan fingerprint density at radius 2 is 1.97 bits per heavy atom. The zero-order valence-electron chi connectivity index (χ0n) is 15.6. The molecule has 0 unspecified atom stereocenters. The van der Waals surface area contributed by atoms with Crippen molar-refractivity contribution in [2.24, 2.45) is 7.05 Å². The summed E-state index contributed by atoms with van der Waals surface area (Å²) in [5.41, 5.74) is 10.7. The van der Waals surface area contributed by atoms with Gasteiger partial charge in [0.2, 0.25) is 5.95 Å². The predicted octanol–water partition coefficient (Wildman–Crippen LogP) is 3.93. The summed E-state index contributed by atoms with van der Waals surface area (Å²) in [5, 5.41) is 10.3. The molecule has 4 aromatic heterocycles. The standard InChI is InChI=1S/C20H16BrN7O/c1-28-9-15(13-5-10(21)7-24-19(13)28)17-18(26-27-20(22)25-17)14-8-23-16-4-3-11(29-2)6-12(14)16/h3-9,23H,1-2H3,(H2,22,25,27). The highest BCUT2D eigenvalue weighted by Crippen LogP contribution is 2.38. The molecule has 4 heterocycles. The van der Waals surface area contributed by atoms with Crippen molar-refractivity contribution in [2.45, 2.75) is 0 Å². The first-order valence-corrected chi connectivity index (χ1v) is 9.61. The van der Waals surface area contributed by atoms with Crippen LogP contribution >= 0.6 is 15.9 Å². The summed E-state index contributed by atoms with van der Waals surface area (Å²) in [6.45, 7) is 0. The van der Waals surface area contributed by atoms with Gasteiger partial charge in [0.15, 0.2) is 0 Å². The van der Waals surface area contributed by atoms with E-state index in [0.717, 1.165) is 43.3 Å². The Bertz CT molecular complexity index is 1390. The summed E-state index contributed by atoms with van der Waals surface area (Å²) in [7, 11) is 3.59. The Hall–Kier alpha value is -3.46. The van der Waals surface area contributed by atoms with Crippen LogP contribution in [0.2, 0.25) is 0 Å². The quantitative estimate of drug-likeness (QED) is 0.432. The largest absolute Gasteiger partial charge is 0.497 e. The van der Waals surface area contributed by atoms with E-state index in [9.17, 15) is 0 Å². The van der Waals surface area contributed by atoms with Crippen LogP contribution in [0.1, 0.15) is 0 Å². The van der Waals surface area contributed by atoms with E-state index in [-0.39, 0.29) is 5.95 Å². The van der Waals surface area contributed by atoms with Crippen molar-refractivity contribution in [1.82, 2.24) is 29.7 Å². The lowest BCUT2D eigenvalue weighted by Gasteiger charge is -2.07. The summed E-state index contributed by atoms with van der Waals surface area (Å²) in [6.07, 6.45) is 5.65. The lowest BCUT2D eigenvalue weighted by atomic mass is 10.0. The highest BCUT2D eigenvalue weighted by Gasteiger charge is 2.20. The number of nitrogen functional groups attached to an aromatic ring is 1. The number of hydrogen-bond donors (Lipinski definition) is 2. The molecule has 0 amide bonds. The average Bonchev–Trinajstić information content (AvgIpc) is 3.28. The summed E-state index contributed by atoms with van der Waals surface area (Å²) in [6, 6.07) is 7.85. The summed E-state index contributed by atoms with van der Waals surface area (Å²) in [5.74, 6) is 0.871. The number of fused-ring (bicyclic) bond motifs is 2. The fourth-order valence-corrected chi connectivity index (χ4v) is 3.89. The number of halogens is 1. The third-order valence-electron chi connectivity index (χ3n) is 4.88. The van der Waals surface area contributed by atoms with Gasteiger partial charge in [-0.2, -0.15) is 0 Å². The Morgan fingerprint density at radius 1 is 1.10 bits per heavy atom. The topological polar surface area (TPSA) is 108 Å². The first kappa shape index (κ1) is 17.6. The van der Waals surface area contributed by atoms with Gasteiger partial charge < -0.3 is 20.0 Å². The Morgan fingerprint density at radius 3 is 2.79 bits per heavy atom. The molecule has 0 atom stereocenters. The molecular formula is C20H16BrN7O. The normalized spacial score (nSPS) is 11.4. The van der Waals surface area contributed by atoms with Crippen molar-refractivity contribution in [1.29, 1.82) is 0 Å². The van der Waals surface area contributed by atoms with Gasteiger partial charge in [-0.1, -0.05) is 0 Å². The molecule has 0 fully saturated rings. The van der Waals surface area contributed by atoms with Gasteiger partial charge in [0.25, 0.3) is 0 Å². The maximum Gasteiger partial charge on any atom is 0.240 e. The fourth-order valence-electron chi connectivity index (χ4n) is 3.55. The summed E-state index contributed by atoms with van der Waals surface area (Å²) in [4.78, 5) is 12.3. The van der Waals surface area contributed by atoms with Gasteiger partial charge >= 0.3 is 0 Å². The number of rotatable bonds is 3. The second-order valence-corrected chi connectivity index (χ2v) is 7.58. The van der Waals surface area contributed by atoms with Crippen LogP contribution in [0.15, 0.2) is 47.3 Å². The summed E-state index contributed by atoms with van der Waals surface area (Å²) >= 11 is 3.50. The van der Waals surface area contributed by atoms with Crippen LogP contribution in [0.25, 0.3) is 44.5 Å². The molecule has 0 aliphatic heterocycles. The number of aryl methyl sites for hydroxylation is 1. The Balaban J connectivity index is 1.82. The zero-order chi connectivity index (χ0) is 20.1. The number of H-pyrrole nitrogens is 1. The second-order valence-electron chi connectivity index (χ2n) is 6.66. The van der Waals surface area contributed by atoms with Crippen molar-refractivity contribution in [2.75, 3.05) is 12.8 Å². The molecule has 0 spiro atoms. The first-order chi connectivity index (χ1) is 14.0. The van der Waals surface area contributed by atoms with E-state index in [1.807, 2.05) is 48.3 Å². The van der Waals surface area contributed by atoms with Crippen LogP contribution < -0.4 is 10.5 Å². The van der Waals surface area contributed by atoms with Gasteiger partial charge in [-0.15, -0.1) is 10.2 Å². The SMILES string of the molecule is COc1ccc2[nH]cc(-c3nnc(N)nc3-c3cn(C)c4ncc(Br)cc34)c2c1. The number of benzene rings is 1. The van der Waals surface area contributed by atoms with E-state index in [1.165, 1.54) is 0 Å². The van der Waals surface area contributed by atoms with E-state index in [2.05, 4.69) is 41.1 Å². The van der Waals surface area contributed by atoms with Gasteiger partial charge in [-0.3, -0.25) is 0 Å². The molecule has 0 saturated carbocycles. The molecule has 8 nitrogen and oxygen atoms in total. The van der Waals surface area contributed by atoms with Gasteiger partial charge in [-0.05, 0) is 40.2 Å². The minimum absolute atomic E-state index is 0.112. The molecule has 5 rings (SSSR count). The third-order valence-corrected chi connectivity index (χ3v) is 5.32. The monoisotopic (exact) mass is 449 g/mol. The number of aromatic nitrogens is 6. The van der Waals surface area contributed by atoms with Crippen molar-refractivity contribution in [3.8, 4) is 28.3 Å². The van der Waals surface area contributed by atoms with Crippen LogP contribution in [-0.4, -0.2) is 36.8 Å². The number of pyridine rings is 1. The average molecular weight is 450 g/mol. The first-order valence-electron chi connectivity index (χ1n) is 8.82. The van der Waals surface area contributed by atoms with Gasteiger partial charge in [0.05, 0.1) is 7.11 Å². The molecule has 0 saturated heterocycles. The van der Waals surface area contributed by atoms with Crippen molar-refractivity contribution >= 4 is 43.8 Å². The third kappa shape index (κ3) is 2.82. The van der Waals surface area contributed by atoms with E-state index >= 15 is 0 Å². The van der Waals surface area contributed by atoms with Crippen LogP contribution in [0, 0.1) is 0 Å². The van der Waals surface area contributed by atoms with Crippen molar-refractivity contribution < 1.29 is 4.74 Å². The molecule has 9 heteroatoms. The molecule has 0 bridgehead atoms. The van der Waals surface area contributed by atoms with Crippen molar-refractivity contribution in [3.63, 3.8) is 0 Å². The van der Waals surface area contributed by atoms with Crippen molar-refractivity contribution in [3.05, 3.63) is 47.3 Å². The molecule has 0 aliphatic rings. The summed E-state index contributed by atoms with van der Waals surface area (Å²) < 4.78 is 8.22. The molecule has 144 valence electrons. The zero-order valence-corrected chi connectivity index (χ0v) is 17.2. The van der Waals surface area contributed by atoms with Gasteiger partial charge in [0.1, 0.15) is 22.8 Å². The molecule has 5 aromatic rings. The molecule has 1 aromatic carbocycles. The lowest BCUT2D eigenvalue weighted by Crippen LogP contribution is -2.02. The number of anilines is 1. The van der Waals surface area contributed by atoms with Crippen LogP contribution in [0.4, 0.5) is 5.95 Å². The number of methoxy groups -OCH3 is 1. The Kier molecular flexibility index (Phi) is 3.99. The van der Waals surface area contributed by atoms with E-state index < -0.39 is 0 Å². The number of nitrogens with two attached hydrogens (primary N) is 1. The highest BCUT2D eigenvalue weighted by atomic mass is 79.9. The number of ether oxygens (including phenoxy) is 1. The predicted molar refractivity (Wildman–Crippen MR) is 115 cm³/mol. The molecule has 29 heavy (non-hydrogen) atoms. The number of nitrogens with zero attached hydrogens (tertiary/aromatic N) is 5. The minimum Gasteiger partial charge on any atom is -0.497 e. The maximum atomic E-state index is 5.91. The number of aromatic amines is 1. The molecular weight excluding hydrogens is 434 g/mol. The minimum atomic E-state index is 0.112. The maximum absolute atomic E-state index is 5.91. The number of hydrogen-bond acceptors (Lipinski definition) is 6. The smallest absolute Gasteiger partial charge is 0.240 e. The molecule has 3 N–H and O–H groups in total. The van der Waals surface area contributed by atoms with Gasteiger partial charge in [-0.25, -0.2) is 9.97 Å². The fraction of sp³-hybridized carbons (Fsp3) is 0.100.